The van der Waals surface area contributed by atoms with Crippen LogP contribution in [0.5, 0.6) is 0 Å². The van der Waals surface area contributed by atoms with Crippen molar-refractivity contribution in [1.82, 2.24) is 10.3 Å². The highest BCUT2D eigenvalue weighted by molar-refractivity contribution is 5.85. The van der Waals surface area contributed by atoms with Crippen molar-refractivity contribution >= 4 is 10.9 Å². The summed E-state index contributed by atoms with van der Waals surface area (Å²) in [4.78, 5) is 3.60. The van der Waals surface area contributed by atoms with Gasteiger partial charge in [0.1, 0.15) is 0 Å². The highest BCUT2D eigenvalue weighted by Crippen LogP contribution is 2.34. The van der Waals surface area contributed by atoms with Crippen LogP contribution in [0.2, 0.25) is 0 Å². The third-order valence-corrected chi connectivity index (χ3v) is 4.18. The minimum atomic E-state index is 0.423. The number of hydrogen-bond acceptors (Lipinski definition) is 3. The monoisotopic (exact) mass is 288 g/mol. The number of aryl methyl sites for hydroxylation is 1. The highest BCUT2D eigenvalue weighted by Gasteiger charge is 2.23. The maximum Gasteiger partial charge on any atom is 0.0700 e. The van der Waals surface area contributed by atoms with Crippen molar-refractivity contribution < 1.29 is 9.47 Å². The van der Waals surface area contributed by atoms with Crippen LogP contribution in [0.25, 0.3) is 10.9 Å². The molecule has 1 aromatic carbocycles. The minimum absolute atomic E-state index is 0.423. The van der Waals surface area contributed by atoms with E-state index in [9.17, 15) is 0 Å². The Morgan fingerprint density at radius 1 is 1.24 bits per heavy atom. The van der Waals surface area contributed by atoms with Crippen LogP contribution in [0.1, 0.15) is 30.1 Å². The topological polar surface area (TPSA) is 46.3 Å². The Bertz CT molecular complexity index is 579. The second kappa shape index (κ2) is 7.07. The van der Waals surface area contributed by atoms with E-state index in [0.717, 1.165) is 13.2 Å². The molecule has 1 aliphatic rings. The lowest BCUT2D eigenvalue weighted by molar-refractivity contribution is 0.0708. The first-order chi connectivity index (χ1) is 10.4. The fourth-order valence-corrected chi connectivity index (χ4v) is 3.17. The zero-order valence-corrected chi connectivity index (χ0v) is 12.7. The fraction of sp³-hybridized carbons (Fsp3) is 0.529. The van der Waals surface area contributed by atoms with Gasteiger partial charge in [0.25, 0.3) is 0 Å². The van der Waals surface area contributed by atoms with Crippen LogP contribution in [0.4, 0.5) is 0 Å². The molecule has 1 aromatic heterocycles. The summed E-state index contributed by atoms with van der Waals surface area (Å²) in [5.41, 5.74) is 4.13. The highest BCUT2D eigenvalue weighted by atomic mass is 16.5. The van der Waals surface area contributed by atoms with Crippen molar-refractivity contribution in [3.8, 4) is 0 Å². The number of rotatable bonds is 7. The van der Waals surface area contributed by atoms with Gasteiger partial charge < -0.3 is 19.8 Å². The molecule has 4 nitrogen and oxygen atoms in total. The molecular weight excluding hydrogens is 264 g/mol. The summed E-state index contributed by atoms with van der Waals surface area (Å²) in [5.74, 6) is 0. The van der Waals surface area contributed by atoms with Gasteiger partial charge in [-0.2, -0.15) is 0 Å². The summed E-state index contributed by atoms with van der Waals surface area (Å²) in [6.07, 6.45) is 3.62. The molecule has 4 heteroatoms. The number of methoxy groups -OCH3 is 1. The van der Waals surface area contributed by atoms with Crippen molar-refractivity contribution in [3.63, 3.8) is 0 Å². The molecule has 2 N–H and O–H groups in total. The van der Waals surface area contributed by atoms with Crippen LogP contribution in [0.15, 0.2) is 24.3 Å². The summed E-state index contributed by atoms with van der Waals surface area (Å²) < 4.78 is 10.5. The Balaban J connectivity index is 1.61. The van der Waals surface area contributed by atoms with Crippen LogP contribution in [-0.2, 0) is 15.9 Å². The van der Waals surface area contributed by atoms with Gasteiger partial charge in [-0.1, -0.05) is 18.2 Å². The van der Waals surface area contributed by atoms with Crippen molar-refractivity contribution in [2.75, 3.05) is 33.5 Å². The lowest BCUT2D eigenvalue weighted by Crippen LogP contribution is -2.28. The van der Waals surface area contributed by atoms with Gasteiger partial charge in [-0.15, -0.1) is 0 Å². The summed E-state index contributed by atoms with van der Waals surface area (Å²) in [6.45, 7) is 2.94. The Morgan fingerprint density at radius 3 is 3.05 bits per heavy atom. The quantitative estimate of drug-likeness (QED) is 0.770. The molecule has 3 rings (SSSR count). The van der Waals surface area contributed by atoms with E-state index < -0.39 is 0 Å². The lowest BCUT2D eigenvalue weighted by atomic mass is 9.92. The van der Waals surface area contributed by atoms with Crippen LogP contribution in [0, 0.1) is 0 Å². The molecule has 1 unspecified atom stereocenters. The molecular formula is C17H24N2O2. The Hall–Kier alpha value is -1.36. The summed E-state index contributed by atoms with van der Waals surface area (Å²) >= 11 is 0. The van der Waals surface area contributed by atoms with Crippen LogP contribution >= 0.6 is 0 Å². The van der Waals surface area contributed by atoms with E-state index in [2.05, 4.69) is 34.6 Å². The average molecular weight is 288 g/mol. The van der Waals surface area contributed by atoms with Crippen molar-refractivity contribution in [2.24, 2.45) is 0 Å². The van der Waals surface area contributed by atoms with Crippen molar-refractivity contribution in [3.05, 3.63) is 35.5 Å². The molecule has 1 heterocycles. The first kappa shape index (κ1) is 14.6. The van der Waals surface area contributed by atoms with Gasteiger partial charge >= 0.3 is 0 Å². The third-order valence-electron chi connectivity index (χ3n) is 4.18. The van der Waals surface area contributed by atoms with E-state index >= 15 is 0 Å². The maximum atomic E-state index is 5.51. The third kappa shape index (κ3) is 3.28. The minimum Gasteiger partial charge on any atom is -0.382 e. The number of aromatic nitrogens is 1. The van der Waals surface area contributed by atoms with Gasteiger partial charge in [-0.3, -0.25) is 0 Å². The van der Waals surface area contributed by atoms with Crippen LogP contribution < -0.4 is 5.32 Å². The second-order valence-electron chi connectivity index (χ2n) is 5.57. The van der Waals surface area contributed by atoms with Crippen molar-refractivity contribution in [2.45, 2.75) is 25.3 Å². The number of para-hydroxylation sites is 1. The molecule has 0 aliphatic heterocycles. The van der Waals surface area contributed by atoms with Crippen molar-refractivity contribution in [1.29, 1.82) is 0 Å². The first-order valence-electron chi connectivity index (χ1n) is 7.79. The summed E-state index contributed by atoms with van der Waals surface area (Å²) in [7, 11) is 1.70. The van der Waals surface area contributed by atoms with Gasteiger partial charge in [0.2, 0.25) is 0 Å². The second-order valence-corrected chi connectivity index (χ2v) is 5.57. The van der Waals surface area contributed by atoms with E-state index in [4.69, 9.17) is 9.47 Å². The Kier molecular flexibility index (Phi) is 4.91. The molecule has 0 saturated carbocycles. The molecule has 1 atom stereocenters. The van der Waals surface area contributed by atoms with E-state index in [0.29, 0.717) is 19.3 Å². The van der Waals surface area contributed by atoms with Gasteiger partial charge in [0, 0.05) is 36.3 Å². The number of ether oxygens (including phenoxy) is 2. The fourth-order valence-electron chi connectivity index (χ4n) is 3.17. The predicted molar refractivity (Wildman–Crippen MR) is 84.7 cm³/mol. The largest absolute Gasteiger partial charge is 0.382 e. The molecule has 1 aliphatic carbocycles. The normalized spacial score (nSPS) is 18.0. The summed E-state index contributed by atoms with van der Waals surface area (Å²) in [5, 5.41) is 5.00. The molecule has 21 heavy (non-hydrogen) atoms. The Morgan fingerprint density at radius 2 is 2.14 bits per heavy atom. The number of aromatic amines is 1. The smallest absolute Gasteiger partial charge is 0.0700 e. The SMILES string of the molecule is COCCOCCNC1CCCc2c1[nH]c1ccccc21. The lowest BCUT2D eigenvalue weighted by Gasteiger charge is -2.24. The number of fused-ring (bicyclic) bond motifs is 3. The molecule has 0 fully saturated rings. The maximum absolute atomic E-state index is 5.51. The van der Waals surface area contributed by atoms with E-state index in [-0.39, 0.29) is 0 Å². The first-order valence-corrected chi connectivity index (χ1v) is 7.79. The standard InChI is InChI=1S/C17H24N2O2/c1-20-11-12-21-10-9-18-16-8-4-6-14-13-5-2-3-7-15(13)19-17(14)16/h2-3,5,7,16,18-19H,4,6,8-12H2,1H3. The molecule has 0 bridgehead atoms. The molecule has 2 aromatic rings. The van der Waals surface area contributed by atoms with E-state index in [1.165, 1.54) is 41.4 Å². The molecule has 114 valence electrons. The zero-order valence-electron chi connectivity index (χ0n) is 12.7. The number of H-pyrrole nitrogens is 1. The molecule has 0 saturated heterocycles. The number of nitrogens with one attached hydrogen (secondary N) is 2. The van der Waals surface area contributed by atoms with Gasteiger partial charge in [-0.05, 0) is 30.9 Å². The number of hydrogen-bond donors (Lipinski definition) is 2. The molecule has 0 spiro atoms. The van der Waals surface area contributed by atoms with Gasteiger partial charge in [0.15, 0.2) is 0 Å². The summed E-state index contributed by atoms with van der Waals surface area (Å²) in [6, 6.07) is 9.03. The zero-order chi connectivity index (χ0) is 14.5. The predicted octanol–water partition coefficient (Wildman–Crippen LogP) is 2.80. The van der Waals surface area contributed by atoms with Crippen LogP contribution in [0.3, 0.4) is 0 Å². The van der Waals surface area contributed by atoms with E-state index in [1.54, 1.807) is 7.11 Å². The number of benzene rings is 1. The van der Waals surface area contributed by atoms with E-state index in [1.807, 2.05) is 0 Å². The molecule has 0 amide bonds. The molecule has 0 radical (unpaired) electrons. The average Bonchev–Trinajstić information content (AvgIpc) is 2.90. The van der Waals surface area contributed by atoms with Crippen LogP contribution in [-0.4, -0.2) is 38.5 Å². The Labute approximate surface area is 125 Å². The van der Waals surface area contributed by atoms with Gasteiger partial charge in [-0.25, -0.2) is 0 Å². The van der Waals surface area contributed by atoms with Gasteiger partial charge in [0.05, 0.1) is 19.8 Å².